The molecule has 31 heavy (non-hydrogen) atoms. The fraction of sp³-hybridized carbons (Fsp3) is 0.0833. The topological polar surface area (TPSA) is 53.3 Å². The lowest BCUT2D eigenvalue weighted by atomic mass is 10.0. The van der Waals surface area contributed by atoms with Crippen LogP contribution in [0.4, 0.5) is 5.69 Å². The lowest BCUT2D eigenvalue weighted by Gasteiger charge is -2.29. The van der Waals surface area contributed by atoms with Crippen molar-refractivity contribution < 1.29 is 5.11 Å². The van der Waals surface area contributed by atoms with Crippen molar-refractivity contribution >= 4 is 34.6 Å². The molecule has 5 nitrogen and oxygen atoms in total. The minimum absolute atomic E-state index is 0.143. The van der Waals surface area contributed by atoms with Crippen LogP contribution in [-0.2, 0) is 0 Å². The summed E-state index contributed by atoms with van der Waals surface area (Å²) in [5.41, 5.74) is 3.85. The van der Waals surface area contributed by atoms with Crippen LogP contribution in [-0.4, -0.2) is 19.8 Å². The van der Waals surface area contributed by atoms with Crippen LogP contribution in [0.15, 0.2) is 91.3 Å². The monoisotopic (exact) mass is 446 g/mol. The van der Waals surface area contributed by atoms with Crippen molar-refractivity contribution in [2.24, 2.45) is 0 Å². The summed E-state index contributed by atoms with van der Waals surface area (Å²) in [4.78, 5) is 6.71. The molecule has 0 bridgehead atoms. The number of hydrogen-bond acceptors (Lipinski definition) is 3. The molecule has 2 N–H and O–H groups in total. The molecule has 0 spiro atoms. The zero-order valence-corrected chi connectivity index (χ0v) is 18.0. The van der Waals surface area contributed by atoms with E-state index in [0.717, 1.165) is 22.8 Å². The Bertz CT molecular complexity index is 1210. The second-order valence-corrected chi connectivity index (χ2v) is 8.12. The molecule has 1 aliphatic rings. The Morgan fingerprint density at radius 3 is 2.35 bits per heavy atom. The molecule has 0 saturated carbocycles. The number of benzene rings is 2. The van der Waals surface area contributed by atoms with E-state index in [1.807, 2.05) is 66.9 Å². The molecule has 0 aliphatic carbocycles. The maximum atomic E-state index is 9.71. The van der Waals surface area contributed by atoms with Crippen molar-refractivity contribution in [1.29, 1.82) is 0 Å². The average molecular weight is 447 g/mol. The molecule has 154 valence electrons. The molecule has 5 rings (SSSR count). The molecule has 2 aromatic heterocycles. The highest BCUT2D eigenvalue weighted by Gasteiger charge is 2.42. The van der Waals surface area contributed by atoms with Crippen molar-refractivity contribution in [2.75, 3.05) is 4.90 Å². The summed E-state index contributed by atoms with van der Waals surface area (Å²) < 4.78 is 2.11. The Morgan fingerprint density at radius 1 is 0.903 bits per heavy atom. The first kappa shape index (κ1) is 19.6. The Labute approximate surface area is 190 Å². The molecule has 1 aliphatic heterocycles. The van der Waals surface area contributed by atoms with E-state index in [-0.39, 0.29) is 17.8 Å². The minimum atomic E-state index is -0.146. The number of nitrogens with zero attached hydrogens (tertiary/aromatic N) is 3. The zero-order valence-electron chi connectivity index (χ0n) is 16.4. The maximum Gasteiger partial charge on any atom is 0.174 e. The summed E-state index contributed by atoms with van der Waals surface area (Å²) >= 11 is 11.9. The van der Waals surface area contributed by atoms with Crippen molar-refractivity contribution in [3.8, 4) is 11.4 Å². The van der Waals surface area contributed by atoms with Gasteiger partial charge in [-0.25, -0.2) is 0 Å². The summed E-state index contributed by atoms with van der Waals surface area (Å²) in [5.74, 6) is 0.232. The second-order valence-electron chi connectivity index (χ2n) is 7.29. The summed E-state index contributed by atoms with van der Waals surface area (Å²) in [5, 5.41) is 14.5. The molecule has 0 unspecified atom stereocenters. The second kappa shape index (κ2) is 8.06. The quantitative estimate of drug-likeness (QED) is 0.410. The lowest BCUT2D eigenvalue weighted by Crippen LogP contribution is -2.30. The van der Waals surface area contributed by atoms with Crippen LogP contribution in [0, 0.1) is 0 Å². The predicted octanol–water partition coefficient (Wildman–Crippen LogP) is 5.41. The lowest BCUT2D eigenvalue weighted by molar-refractivity contribution is 0.475. The molecule has 2 atom stereocenters. The van der Waals surface area contributed by atoms with Gasteiger partial charge in [0.1, 0.15) is 11.8 Å². The molecular formula is C24H19ClN4OS. The SMILES string of the molecule is Oc1ccc(-n2cccc2[C@H]2[C@H](c3ccccn3)NC(=S)N2c2ccc(Cl)cc2)cc1. The van der Waals surface area contributed by atoms with Gasteiger partial charge in [-0.2, -0.15) is 0 Å². The number of rotatable bonds is 4. The van der Waals surface area contributed by atoms with Gasteiger partial charge in [0.25, 0.3) is 0 Å². The summed E-state index contributed by atoms with van der Waals surface area (Å²) in [7, 11) is 0. The highest BCUT2D eigenvalue weighted by Crippen LogP contribution is 2.42. The molecule has 3 heterocycles. The number of pyridine rings is 1. The van der Waals surface area contributed by atoms with Gasteiger partial charge in [-0.3, -0.25) is 4.98 Å². The first-order valence-corrected chi connectivity index (χ1v) is 10.6. The van der Waals surface area contributed by atoms with Gasteiger partial charge in [0.15, 0.2) is 5.11 Å². The van der Waals surface area contributed by atoms with Crippen molar-refractivity contribution in [2.45, 2.75) is 12.1 Å². The van der Waals surface area contributed by atoms with Crippen LogP contribution in [0.3, 0.4) is 0 Å². The average Bonchev–Trinajstić information content (AvgIpc) is 3.40. The van der Waals surface area contributed by atoms with Gasteiger partial charge >= 0.3 is 0 Å². The van der Waals surface area contributed by atoms with Crippen LogP contribution in [0.5, 0.6) is 5.75 Å². The highest BCUT2D eigenvalue weighted by atomic mass is 35.5. The Hall–Kier alpha value is -3.35. The van der Waals surface area contributed by atoms with E-state index in [2.05, 4.69) is 25.8 Å². The third kappa shape index (κ3) is 3.65. The predicted molar refractivity (Wildman–Crippen MR) is 127 cm³/mol. The summed E-state index contributed by atoms with van der Waals surface area (Å²) in [6.45, 7) is 0. The van der Waals surface area contributed by atoms with E-state index in [4.69, 9.17) is 23.8 Å². The van der Waals surface area contributed by atoms with Crippen LogP contribution in [0.2, 0.25) is 5.02 Å². The number of aromatic hydroxyl groups is 1. The first-order valence-electron chi connectivity index (χ1n) is 9.85. The number of aromatic nitrogens is 2. The van der Waals surface area contributed by atoms with Crippen LogP contribution in [0.25, 0.3) is 5.69 Å². The van der Waals surface area contributed by atoms with Crippen molar-refractivity contribution in [3.05, 3.63) is 108 Å². The molecule has 0 radical (unpaired) electrons. The fourth-order valence-corrected chi connectivity index (χ4v) is 4.49. The molecular weight excluding hydrogens is 428 g/mol. The number of thiocarbonyl (C=S) groups is 1. The van der Waals surface area contributed by atoms with Crippen LogP contribution >= 0.6 is 23.8 Å². The third-order valence-electron chi connectivity index (χ3n) is 5.41. The standard InChI is InChI=1S/C24H19ClN4OS/c25-16-6-8-18(9-7-16)29-23(22(27-24(29)31)20-4-1-2-14-26-20)21-5-3-15-28(21)17-10-12-19(30)13-11-17/h1-15,22-23,30H,(H,27,31)/t22-,23-/m0/s1. The molecule has 2 aromatic carbocycles. The highest BCUT2D eigenvalue weighted by molar-refractivity contribution is 7.80. The van der Waals surface area contributed by atoms with Crippen LogP contribution in [0.1, 0.15) is 23.5 Å². The van der Waals surface area contributed by atoms with Gasteiger partial charge in [-0.15, -0.1) is 0 Å². The number of phenols is 1. The number of halogens is 1. The van der Waals surface area contributed by atoms with Crippen molar-refractivity contribution in [1.82, 2.24) is 14.9 Å². The van der Waals surface area contributed by atoms with Gasteiger partial charge in [-0.1, -0.05) is 17.7 Å². The summed E-state index contributed by atoms with van der Waals surface area (Å²) in [6.07, 6.45) is 3.81. The van der Waals surface area contributed by atoms with E-state index in [9.17, 15) is 5.11 Å². The molecule has 7 heteroatoms. The minimum Gasteiger partial charge on any atom is -0.508 e. The van der Waals surface area contributed by atoms with Gasteiger partial charge in [-0.05, 0) is 85.0 Å². The smallest absolute Gasteiger partial charge is 0.174 e. The molecule has 1 fully saturated rings. The fourth-order valence-electron chi connectivity index (χ4n) is 4.02. The Balaban J connectivity index is 1.66. The van der Waals surface area contributed by atoms with Gasteiger partial charge in [0, 0.05) is 34.5 Å². The number of phenolic OH excluding ortho intramolecular Hbond substituents is 1. The summed E-state index contributed by atoms with van der Waals surface area (Å²) in [6, 6.07) is 24.5. The van der Waals surface area contributed by atoms with E-state index in [1.165, 1.54) is 0 Å². The van der Waals surface area contributed by atoms with Gasteiger partial charge in [0.2, 0.25) is 0 Å². The molecule has 1 saturated heterocycles. The van der Waals surface area contributed by atoms with Gasteiger partial charge < -0.3 is 19.9 Å². The van der Waals surface area contributed by atoms with E-state index in [1.54, 1.807) is 18.3 Å². The van der Waals surface area contributed by atoms with Gasteiger partial charge in [0.05, 0.1) is 11.7 Å². The van der Waals surface area contributed by atoms with E-state index >= 15 is 0 Å². The number of hydrogen-bond donors (Lipinski definition) is 2. The molecule has 0 amide bonds. The molecule has 4 aromatic rings. The van der Waals surface area contributed by atoms with E-state index in [0.29, 0.717) is 10.1 Å². The Morgan fingerprint density at radius 2 is 1.65 bits per heavy atom. The van der Waals surface area contributed by atoms with Crippen molar-refractivity contribution in [3.63, 3.8) is 0 Å². The first-order chi connectivity index (χ1) is 15.1. The normalized spacial score (nSPS) is 18.2. The Kier molecular flexibility index (Phi) is 5.10. The van der Waals surface area contributed by atoms with E-state index < -0.39 is 0 Å². The van der Waals surface area contributed by atoms with Crippen LogP contribution < -0.4 is 10.2 Å². The third-order valence-corrected chi connectivity index (χ3v) is 5.98. The largest absolute Gasteiger partial charge is 0.508 e. The number of nitrogens with one attached hydrogen (secondary N) is 1. The zero-order chi connectivity index (χ0) is 21.4. The maximum absolute atomic E-state index is 9.71. The number of anilines is 1.